The Morgan fingerprint density at radius 2 is 1.60 bits per heavy atom. The van der Waals surface area contributed by atoms with Gasteiger partial charge in [0.2, 0.25) is 0 Å². The van der Waals surface area contributed by atoms with Crippen molar-refractivity contribution in [1.29, 1.82) is 0 Å². The van der Waals surface area contributed by atoms with Crippen molar-refractivity contribution >= 4 is 27.9 Å². The van der Waals surface area contributed by atoms with Crippen LogP contribution in [0.3, 0.4) is 0 Å². The van der Waals surface area contributed by atoms with Gasteiger partial charge in [-0.2, -0.15) is 0 Å². The highest BCUT2D eigenvalue weighted by Gasteiger charge is 2.32. The zero-order chi connectivity index (χ0) is 11.4. The van der Waals surface area contributed by atoms with Crippen molar-refractivity contribution < 1.29 is 19.8 Å². The molecule has 0 amide bonds. The predicted octanol–water partition coefficient (Wildman–Crippen LogP) is 1.70. The maximum atomic E-state index is 11.0. The molecule has 80 valence electrons. The fourth-order valence-electron chi connectivity index (χ4n) is 1.24. The van der Waals surface area contributed by atoms with Gasteiger partial charge >= 0.3 is 11.9 Å². The molecule has 1 aromatic rings. The fourth-order valence-corrected chi connectivity index (χ4v) is 1.77. The molecule has 2 unspecified atom stereocenters. The third kappa shape index (κ3) is 2.79. The summed E-state index contributed by atoms with van der Waals surface area (Å²) in [6.45, 7) is 0. The zero-order valence-corrected chi connectivity index (χ0v) is 9.22. The predicted molar refractivity (Wildman–Crippen MR) is 57.2 cm³/mol. The molecule has 0 radical (unpaired) electrons. The number of carbonyl (C=O) groups is 2. The third-order valence-corrected chi connectivity index (χ3v) is 2.87. The van der Waals surface area contributed by atoms with E-state index in [2.05, 4.69) is 15.9 Å². The molecule has 0 bridgehead atoms. The molecule has 0 aliphatic heterocycles. The second kappa shape index (κ2) is 4.93. The van der Waals surface area contributed by atoms with Crippen LogP contribution in [-0.2, 0) is 9.59 Å². The summed E-state index contributed by atoms with van der Waals surface area (Å²) in [5, 5.41) is 17.7. The molecule has 0 saturated heterocycles. The van der Waals surface area contributed by atoms with Crippen LogP contribution in [0.1, 0.15) is 11.5 Å². The maximum Gasteiger partial charge on any atom is 0.318 e. The number of hydrogen-bond donors (Lipinski definition) is 2. The molecule has 4 nitrogen and oxygen atoms in total. The van der Waals surface area contributed by atoms with E-state index in [4.69, 9.17) is 10.2 Å². The van der Waals surface area contributed by atoms with Gasteiger partial charge in [-0.05, 0) is 5.56 Å². The minimum Gasteiger partial charge on any atom is -0.481 e. The maximum absolute atomic E-state index is 11.0. The van der Waals surface area contributed by atoms with Crippen LogP contribution in [0.2, 0.25) is 0 Å². The van der Waals surface area contributed by atoms with E-state index in [0.29, 0.717) is 5.56 Å². The molecule has 2 N–H and O–H groups in total. The lowest BCUT2D eigenvalue weighted by molar-refractivity contribution is -0.144. The first-order valence-corrected chi connectivity index (χ1v) is 5.10. The molecule has 0 fully saturated rings. The van der Waals surface area contributed by atoms with E-state index in [9.17, 15) is 9.59 Å². The van der Waals surface area contributed by atoms with Crippen LogP contribution in [0.15, 0.2) is 30.3 Å². The Morgan fingerprint density at radius 1 is 1.07 bits per heavy atom. The van der Waals surface area contributed by atoms with Gasteiger partial charge in [0.1, 0.15) is 10.7 Å². The topological polar surface area (TPSA) is 74.6 Å². The Morgan fingerprint density at radius 3 is 2.00 bits per heavy atom. The minimum absolute atomic E-state index is 0.467. The fraction of sp³-hybridized carbons (Fsp3) is 0.200. The Hall–Kier alpha value is -1.36. The van der Waals surface area contributed by atoms with Gasteiger partial charge in [0.25, 0.3) is 0 Å². The number of carboxylic acid groups (broad SMARTS) is 2. The number of rotatable bonds is 4. The molecular formula is C10H9BrO4. The van der Waals surface area contributed by atoms with Crippen LogP contribution in [0, 0.1) is 0 Å². The first-order valence-electron chi connectivity index (χ1n) is 4.18. The van der Waals surface area contributed by atoms with Crippen molar-refractivity contribution in [3.63, 3.8) is 0 Å². The van der Waals surface area contributed by atoms with E-state index >= 15 is 0 Å². The molecule has 1 rings (SSSR count). The molecule has 0 heterocycles. The van der Waals surface area contributed by atoms with Crippen molar-refractivity contribution in [2.75, 3.05) is 0 Å². The largest absolute Gasteiger partial charge is 0.481 e. The van der Waals surface area contributed by atoms with E-state index < -0.39 is 22.7 Å². The van der Waals surface area contributed by atoms with Gasteiger partial charge in [0, 0.05) is 0 Å². The summed E-state index contributed by atoms with van der Waals surface area (Å²) >= 11 is 2.87. The van der Waals surface area contributed by atoms with Crippen LogP contribution < -0.4 is 0 Å². The van der Waals surface area contributed by atoms with Crippen LogP contribution in [-0.4, -0.2) is 27.0 Å². The zero-order valence-electron chi connectivity index (χ0n) is 7.63. The quantitative estimate of drug-likeness (QED) is 0.819. The van der Waals surface area contributed by atoms with Crippen molar-refractivity contribution in [3.8, 4) is 0 Å². The smallest absolute Gasteiger partial charge is 0.318 e. The van der Waals surface area contributed by atoms with Crippen molar-refractivity contribution in [2.45, 2.75) is 10.7 Å². The molecule has 1 aromatic carbocycles. The molecular weight excluding hydrogens is 264 g/mol. The first kappa shape index (κ1) is 11.7. The lowest BCUT2D eigenvalue weighted by Gasteiger charge is -2.15. The second-order valence-electron chi connectivity index (χ2n) is 2.97. The average molecular weight is 273 g/mol. The standard InChI is InChI=1S/C10H9BrO4/c11-8(10(14)15)7(9(12)13)6-4-2-1-3-5-6/h1-5,7-8H,(H,12,13)(H,14,15). The van der Waals surface area contributed by atoms with E-state index in [1.807, 2.05) is 0 Å². The van der Waals surface area contributed by atoms with Gasteiger partial charge in [-0.1, -0.05) is 46.3 Å². The molecule has 2 atom stereocenters. The molecule has 0 aromatic heterocycles. The highest BCUT2D eigenvalue weighted by Crippen LogP contribution is 2.25. The van der Waals surface area contributed by atoms with Crippen LogP contribution in [0.4, 0.5) is 0 Å². The second-order valence-corrected chi connectivity index (χ2v) is 3.95. The normalized spacial score (nSPS) is 14.2. The molecule has 0 spiro atoms. The summed E-state index contributed by atoms with van der Waals surface area (Å²) in [4.78, 5) is 20.5. The lowest BCUT2D eigenvalue weighted by Crippen LogP contribution is -2.28. The summed E-state index contributed by atoms with van der Waals surface area (Å²) in [6, 6.07) is 8.28. The highest BCUT2D eigenvalue weighted by molar-refractivity contribution is 9.10. The Labute approximate surface area is 94.7 Å². The van der Waals surface area contributed by atoms with Gasteiger partial charge < -0.3 is 10.2 Å². The summed E-state index contributed by atoms with van der Waals surface area (Å²) in [7, 11) is 0. The highest BCUT2D eigenvalue weighted by atomic mass is 79.9. The van der Waals surface area contributed by atoms with Crippen LogP contribution >= 0.6 is 15.9 Å². The molecule has 0 aliphatic carbocycles. The lowest BCUT2D eigenvalue weighted by atomic mass is 9.96. The van der Waals surface area contributed by atoms with E-state index in [0.717, 1.165) is 0 Å². The van der Waals surface area contributed by atoms with Crippen molar-refractivity contribution in [1.82, 2.24) is 0 Å². The first-order chi connectivity index (χ1) is 7.04. The monoisotopic (exact) mass is 272 g/mol. The number of aliphatic carboxylic acids is 2. The van der Waals surface area contributed by atoms with Gasteiger partial charge in [0.15, 0.2) is 0 Å². The molecule has 15 heavy (non-hydrogen) atoms. The Balaban J connectivity index is 3.04. The number of hydrogen-bond acceptors (Lipinski definition) is 2. The van der Waals surface area contributed by atoms with Gasteiger partial charge in [-0.3, -0.25) is 9.59 Å². The molecule has 5 heteroatoms. The molecule has 0 saturated carbocycles. The van der Waals surface area contributed by atoms with Crippen LogP contribution in [0.25, 0.3) is 0 Å². The van der Waals surface area contributed by atoms with Gasteiger partial charge in [-0.25, -0.2) is 0 Å². The number of carboxylic acids is 2. The summed E-state index contributed by atoms with van der Waals surface area (Å²) < 4.78 is 0. The number of benzene rings is 1. The Bertz CT molecular complexity index is 363. The van der Waals surface area contributed by atoms with Gasteiger partial charge in [0.05, 0.1) is 0 Å². The SMILES string of the molecule is O=C(O)C(Br)C(C(=O)O)c1ccccc1. The number of alkyl halides is 1. The average Bonchev–Trinajstić information content (AvgIpc) is 2.18. The minimum atomic E-state index is -1.19. The number of halogens is 1. The van der Waals surface area contributed by atoms with E-state index in [1.54, 1.807) is 30.3 Å². The summed E-state index contributed by atoms with van der Waals surface area (Å²) in [5.41, 5.74) is 0.467. The molecule has 0 aliphatic rings. The Kier molecular flexibility index (Phi) is 3.85. The van der Waals surface area contributed by atoms with Crippen molar-refractivity contribution in [2.24, 2.45) is 0 Å². The summed E-state index contributed by atoms with van der Waals surface area (Å²) in [5.74, 6) is -3.43. The summed E-state index contributed by atoms with van der Waals surface area (Å²) in [6.07, 6.45) is 0. The van der Waals surface area contributed by atoms with Crippen molar-refractivity contribution in [3.05, 3.63) is 35.9 Å². The van der Waals surface area contributed by atoms with E-state index in [1.165, 1.54) is 0 Å². The van der Waals surface area contributed by atoms with Gasteiger partial charge in [-0.15, -0.1) is 0 Å². The third-order valence-electron chi connectivity index (χ3n) is 1.95. The van der Waals surface area contributed by atoms with Crippen LogP contribution in [0.5, 0.6) is 0 Å². The van der Waals surface area contributed by atoms with E-state index in [-0.39, 0.29) is 0 Å².